The molecule has 4 heteroatoms. The Morgan fingerprint density at radius 2 is 2.10 bits per heavy atom. The summed E-state index contributed by atoms with van der Waals surface area (Å²) in [6.07, 6.45) is 3.69. The Bertz CT molecular complexity index is 629. The predicted octanol–water partition coefficient (Wildman–Crippen LogP) is 2.98. The van der Waals surface area contributed by atoms with Crippen LogP contribution in [0.1, 0.15) is 34.5 Å². The first-order chi connectivity index (χ1) is 9.66. The first-order valence-corrected chi connectivity index (χ1v) is 6.85. The second-order valence-corrected chi connectivity index (χ2v) is 5.25. The van der Waals surface area contributed by atoms with Gasteiger partial charge in [0.25, 0.3) is 5.91 Å². The van der Waals surface area contributed by atoms with E-state index in [-0.39, 0.29) is 5.91 Å². The standard InChI is InChI=1S/C16H18N2O2/c1-11-14(8-9-20-11)16(19)18(13-6-7-13)10-12-4-2-3-5-15(12)17/h2-5,8-9,13H,6-7,10,17H2,1H3. The van der Waals surface area contributed by atoms with E-state index in [0.29, 0.717) is 23.9 Å². The van der Waals surface area contributed by atoms with Crippen molar-refractivity contribution in [2.24, 2.45) is 0 Å². The van der Waals surface area contributed by atoms with E-state index < -0.39 is 0 Å². The van der Waals surface area contributed by atoms with Gasteiger partial charge in [0.05, 0.1) is 11.8 Å². The normalized spacial score (nSPS) is 14.2. The van der Waals surface area contributed by atoms with Gasteiger partial charge in [0.2, 0.25) is 0 Å². The highest BCUT2D eigenvalue weighted by Gasteiger charge is 2.34. The number of anilines is 1. The average Bonchev–Trinajstić information content (AvgIpc) is 3.19. The Hall–Kier alpha value is -2.23. The molecule has 0 aliphatic heterocycles. The summed E-state index contributed by atoms with van der Waals surface area (Å²) >= 11 is 0. The van der Waals surface area contributed by atoms with Crippen LogP contribution in [0.3, 0.4) is 0 Å². The zero-order valence-corrected chi connectivity index (χ0v) is 11.5. The van der Waals surface area contributed by atoms with E-state index in [2.05, 4.69) is 0 Å². The van der Waals surface area contributed by atoms with Crippen LogP contribution in [0, 0.1) is 6.92 Å². The van der Waals surface area contributed by atoms with Crippen molar-refractivity contribution in [1.82, 2.24) is 4.90 Å². The molecule has 0 unspecified atom stereocenters. The van der Waals surface area contributed by atoms with Gasteiger partial charge in [-0.05, 0) is 37.5 Å². The fourth-order valence-corrected chi connectivity index (χ4v) is 2.38. The van der Waals surface area contributed by atoms with Crippen LogP contribution in [0.2, 0.25) is 0 Å². The zero-order chi connectivity index (χ0) is 14.1. The van der Waals surface area contributed by atoms with Crippen molar-refractivity contribution in [2.45, 2.75) is 32.4 Å². The van der Waals surface area contributed by atoms with Crippen molar-refractivity contribution in [2.75, 3.05) is 5.73 Å². The molecule has 104 valence electrons. The van der Waals surface area contributed by atoms with E-state index in [1.165, 1.54) is 0 Å². The molecule has 20 heavy (non-hydrogen) atoms. The smallest absolute Gasteiger partial charge is 0.257 e. The summed E-state index contributed by atoms with van der Waals surface area (Å²) in [6, 6.07) is 9.76. The Morgan fingerprint density at radius 3 is 2.70 bits per heavy atom. The summed E-state index contributed by atoms with van der Waals surface area (Å²) in [7, 11) is 0. The molecule has 0 radical (unpaired) electrons. The molecule has 0 atom stereocenters. The Labute approximate surface area is 118 Å². The van der Waals surface area contributed by atoms with Crippen LogP contribution < -0.4 is 5.73 Å². The SMILES string of the molecule is Cc1occc1C(=O)N(Cc1ccccc1N)C1CC1. The first kappa shape index (κ1) is 12.8. The van der Waals surface area contributed by atoms with Gasteiger partial charge >= 0.3 is 0 Å². The zero-order valence-electron chi connectivity index (χ0n) is 11.5. The lowest BCUT2D eigenvalue weighted by Gasteiger charge is -2.23. The minimum absolute atomic E-state index is 0.0296. The van der Waals surface area contributed by atoms with Crippen molar-refractivity contribution in [3.8, 4) is 0 Å². The fourth-order valence-electron chi connectivity index (χ4n) is 2.38. The van der Waals surface area contributed by atoms with Crippen LogP contribution in [0.15, 0.2) is 41.0 Å². The largest absolute Gasteiger partial charge is 0.469 e. The number of furan rings is 1. The van der Waals surface area contributed by atoms with Gasteiger partial charge in [0.1, 0.15) is 5.76 Å². The van der Waals surface area contributed by atoms with Crippen LogP contribution in [-0.2, 0) is 6.54 Å². The van der Waals surface area contributed by atoms with Crippen LogP contribution in [0.5, 0.6) is 0 Å². The van der Waals surface area contributed by atoms with E-state index in [9.17, 15) is 4.79 Å². The third-order valence-electron chi connectivity index (χ3n) is 3.73. The van der Waals surface area contributed by atoms with Crippen molar-refractivity contribution in [1.29, 1.82) is 0 Å². The molecule has 0 spiro atoms. The molecule has 1 aromatic carbocycles. The number of nitrogens with two attached hydrogens (primary N) is 1. The number of benzene rings is 1. The second-order valence-electron chi connectivity index (χ2n) is 5.25. The molecular weight excluding hydrogens is 252 g/mol. The topological polar surface area (TPSA) is 59.5 Å². The van der Waals surface area contributed by atoms with Crippen LogP contribution in [0.4, 0.5) is 5.69 Å². The summed E-state index contributed by atoms with van der Waals surface area (Å²) in [5.74, 6) is 0.698. The molecule has 1 amide bonds. The highest BCUT2D eigenvalue weighted by atomic mass is 16.3. The predicted molar refractivity (Wildman–Crippen MR) is 77.2 cm³/mol. The van der Waals surface area contributed by atoms with Gasteiger partial charge in [0.15, 0.2) is 0 Å². The molecule has 1 aromatic heterocycles. The van der Waals surface area contributed by atoms with E-state index in [1.807, 2.05) is 36.1 Å². The Kier molecular flexibility index (Phi) is 3.22. The molecule has 1 heterocycles. The summed E-state index contributed by atoms with van der Waals surface area (Å²) in [6.45, 7) is 2.37. The first-order valence-electron chi connectivity index (χ1n) is 6.85. The van der Waals surface area contributed by atoms with Crippen molar-refractivity contribution < 1.29 is 9.21 Å². The Balaban J connectivity index is 1.85. The molecule has 1 aliphatic carbocycles. The third kappa shape index (κ3) is 2.41. The molecule has 1 fully saturated rings. The molecule has 4 nitrogen and oxygen atoms in total. The maximum atomic E-state index is 12.6. The fraction of sp³-hybridized carbons (Fsp3) is 0.312. The van der Waals surface area contributed by atoms with Crippen LogP contribution >= 0.6 is 0 Å². The number of hydrogen-bond acceptors (Lipinski definition) is 3. The molecule has 0 saturated heterocycles. The van der Waals surface area contributed by atoms with Crippen LogP contribution in [-0.4, -0.2) is 16.8 Å². The van der Waals surface area contributed by atoms with E-state index >= 15 is 0 Å². The lowest BCUT2D eigenvalue weighted by Crippen LogP contribution is -2.33. The van der Waals surface area contributed by atoms with Gasteiger partial charge in [-0.3, -0.25) is 4.79 Å². The molecule has 1 saturated carbocycles. The van der Waals surface area contributed by atoms with Gasteiger partial charge < -0.3 is 15.1 Å². The molecule has 0 bridgehead atoms. The van der Waals surface area contributed by atoms with Gasteiger partial charge in [0, 0.05) is 18.3 Å². The maximum absolute atomic E-state index is 12.6. The quantitative estimate of drug-likeness (QED) is 0.869. The van der Waals surface area contributed by atoms with Gasteiger partial charge in [-0.15, -0.1) is 0 Å². The number of rotatable bonds is 4. The molecule has 1 aliphatic rings. The number of carbonyl (C=O) groups excluding carboxylic acids is 1. The summed E-state index contributed by atoms with van der Waals surface area (Å²) in [4.78, 5) is 14.6. The number of nitrogen functional groups attached to an aromatic ring is 1. The number of para-hydroxylation sites is 1. The number of aryl methyl sites for hydroxylation is 1. The molecular formula is C16H18N2O2. The minimum atomic E-state index is 0.0296. The number of carbonyl (C=O) groups is 1. The van der Waals surface area contributed by atoms with E-state index in [4.69, 9.17) is 10.2 Å². The van der Waals surface area contributed by atoms with Gasteiger partial charge in [-0.2, -0.15) is 0 Å². The van der Waals surface area contributed by atoms with Crippen molar-refractivity contribution in [3.63, 3.8) is 0 Å². The number of amides is 1. The van der Waals surface area contributed by atoms with Gasteiger partial charge in [-0.1, -0.05) is 18.2 Å². The highest BCUT2D eigenvalue weighted by molar-refractivity contribution is 5.95. The summed E-state index contributed by atoms with van der Waals surface area (Å²) < 4.78 is 5.24. The minimum Gasteiger partial charge on any atom is -0.469 e. The lowest BCUT2D eigenvalue weighted by molar-refractivity contribution is 0.0728. The highest BCUT2D eigenvalue weighted by Crippen LogP contribution is 2.31. The monoisotopic (exact) mass is 270 g/mol. The molecule has 2 aromatic rings. The molecule has 2 N–H and O–H groups in total. The average molecular weight is 270 g/mol. The van der Waals surface area contributed by atoms with Crippen molar-refractivity contribution in [3.05, 3.63) is 53.5 Å². The number of hydrogen-bond donors (Lipinski definition) is 1. The van der Waals surface area contributed by atoms with Crippen LogP contribution in [0.25, 0.3) is 0 Å². The Morgan fingerprint density at radius 1 is 1.35 bits per heavy atom. The summed E-state index contributed by atoms with van der Waals surface area (Å²) in [5, 5.41) is 0. The third-order valence-corrected chi connectivity index (χ3v) is 3.73. The van der Waals surface area contributed by atoms with Gasteiger partial charge in [-0.25, -0.2) is 0 Å². The maximum Gasteiger partial charge on any atom is 0.257 e. The second kappa shape index (κ2) is 5.04. The van der Waals surface area contributed by atoms with Crippen molar-refractivity contribution >= 4 is 11.6 Å². The van der Waals surface area contributed by atoms with E-state index in [1.54, 1.807) is 12.3 Å². The van der Waals surface area contributed by atoms with E-state index in [0.717, 1.165) is 24.1 Å². The lowest BCUT2D eigenvalue weighted by atomic mass is 10.1. The number of nitrogens with zero attached hydrogens (tertiary/aromatic N) is 1. The molecule has 3 rings (SSSR count). The summed E-state index contributed by atoms with van der Waals surface area (Å²) in [5.41, 5.74) is 8.35.